The largest absolute Gasteiger partial charge is 0.378 e. The highest BCUT2D eigenvalue weighted by molar-refractivity contribution is 5.98. The van der Waals surface area contributed by atoms with Crippen LogP contribution in [0.2, 0.25) is 0 Å². The lowest BCUT2D eigenvalue weighted by Gasteiger charge is -2.26. The van der Waals surface area contributed by atoms with Gasteiger partial charge in [0.25, 0.3) is 11.6 Å². The van der Waals surface area contributed by atoms with Crippen LogP contribution in [0.15, 0.2) is 48.5 Å². The van der Waals surface area contributed by atoms with Gasteiger partial charge in [0, 0.05) is 44.3 Å². The van der Waals surface area contributed by atoms with Crippen molar-refractivity contribution in [3.05, 3.63) is 69.8 Å². The summed E-state index contributed by atoms with van der Waals surface area (Å²) >= 11 is 0. The Labute approximate surface area is 165 Å². The van der Waals surface area contributed by atoms with Crippen molar-refractivity contribution >= 4 is 17.3 Å². The Balaban J connectivity index is 1.77. The second-order valence-corrected chi connectivity index (χ2v) is 7.39. The van der Waals surface area contributed by atoms with Gasteiger partial charge < -0.3 is 15.1 Å². The van der Waals surface area contributed by atoms with Crippen molar-refractivity contribution in [2.24, 2.45) is 0 Å². The molecule has 0 spiro atoms. The molecule has 1 atom stereocenters. The lowest BCUT2D eigenvalue weighted by molar-refractivity contribution is -0.918. The average molecular weight is 383 g/mol. The van der Waals surface area contributed by atoms with Crippen LogP contribution >= 0.6 is 0 Å². The summed E-state index contributed by atoms with van der Waals surface area (Å²) in [5.74, 6) is -0.402. The monoisotopic (exact) mass is 383 g/mol. The van der Waals surface area contributed by atoms with Crippen molar-refractivity contribution < 1.29 is 14.6 Å². The first-order chi connectivity index (χ1) is 13.5. The van der Waals surface area contributed by atoms with E-state index in [-0.39, 0.29) is 17.3 Å². The highest BCUT2D eigenvalue weighted by Gasteiger charge is 2.29. The third-order valence-corrected chi connectivity index (χ3v) is 5.36. The molecule has 0 unspecified atom stereocenters. The van der Waals surface area contributed by atoms with Crippen molar-refractivity contribution in [3.63, 3.8) is 0 Å². The molecule has 1 saturated heterocycles. The van der Waals surface area contributed by atoms with Crippen LogP contribution in [0.1, 0.15) is 34.8 Å². The molecule has 2 aromatic rings. The summed E-state index contributed by atoms with van der Waals surface area (Å²) < 4.78 is 0. The first kappa shape index (κ1) is 19.8. The minimum absolute atomic E-state index is 0.102. The molecule has 7 heteroatoms. The summed E-state index contributed by atoms with van der Waals surface area (Å²) in [6.45, 7) is 2.59. The van der Waals surface area contributed by atoms with Gasteiger partial charge in [-0.2, -0.15) is 0 Å². The molecule has 28 heavy (non-hydrogen) atoms. The predicted molar refractivity (Wildman–Crippen MR) is 109 cm³/mol. The van der Waals surface area contributed by atoms with Gasteiger partial charge in [-0.25, -0.2) is 0 Å². The first-order valence-electron chi connectivity index (χ1n) is 9.61. The Bertz CT molecular complexity index is 830. The van der Waals surface area contributed by atoms with E-state index in [4.69, 9.17) is 0 Å². The minimum atomic E-state index is -0.516. The fourth-order valence-electron chi connectivity index (χ4n) is 3.80. The van der Waals surface area contributed by atoms with Crippen LogP contribution in [0.5, 0.6) is 0 Å². The number of likely N-dealkylation sites (tertiary alicyclic amines) is 1. The molecule has 1 amide bonds. The van der Waals surface area contributed by atoms with Crippen LogP contribution in [-0.2, 0) is 0 Å². The number of carbonyl (C=O) groups is 1. The lowest BCUT2D eigenvalue weighted by atomic mass is 10.0. The number of hydrogen-bond donors (Lipinski definition) is 2. The molecule has 148 valence electrons. The summed E-state index contributed by atoms with van der Waals surface area (Å²) in [6.07, 6.45) is 2.36. The molecule has 1 aliphatic heterocycles. The molecular formula is C21H27N4O3+. The molecule has 0 aromatic heterocycles. The Hall–Kier alpha value is -2.93. The fourth-order valence-corrected chi connectivity index (χ4v) is 3.80. The van der Waals surface area contributed by atoms with E-state index in [9.17, 15) is 14.9 Å². The van der Waals surface area contributed by atoms with E-state index < -0.39 is 10.8 Å². The highest BCUT2D eigenvalue weighted by Crippen LogP contribution is 2.19. The Kier molecular flexibility index (Phi) is 6.26. The Morgan fingerprint density at radius 2 is 1.79 bits per heavy atom. The van der Waals surface area contributed by atoms with E-state index in [1.165, 1.54) is 35.4 Å². The van der Waals surface area contributed by atoms with Crippen LogP contribution in [0.4, 0.5) is 11.4 Å². The number of nitrogens with one attached hydrogen (secondary N) is 2. The fraction of sp³-hybridized carbons (Fsp3) is 0.381. The van der Waals surface area contributed by atoms with E-state index in [0.29, 0.717) is 6.54 Å². The number of anilines is 1. The van der Waals surface area contributed by atoms with E-state index in [0.717, 1.165) is 18.8 Å². The average Bonchev–Trinajstić information content (AvgIpc) is 3.22. The quantitative estimate of drug-likeness (QED) is 0.565. The van der Waals surface area contributed by atoms with Gasteiger partial charge in [-0.15, -0.1) is 0 Å². The van der Waals surface area contributed by atoms with Crippen LogP contribution < -0.4 is 15.1 Å². The van der Waals surface area contributed by atoms with E-state index in [1.807, 2.05) is 14.1 Å². The Morgan fingerprint density at radius 3 is 2.39 bits per heavy atom. The number of quaternary nitrogens is 1. The van der Waals surface area contributed by atoms with Gasteiger partial charge in [0.2, 0.25) is 0 Å². The van der Waals surface area contributed by atoms with Gasteiger partial charge in [0.15, 0.2) is 0 Å². The molecule has 7 nitrogen and oxygen atoms in total. The second kappa shape index (κ2) is 8.84. The van der Waals surface area contributed by atoms with Gasteiger partial charge in [0.1, 0.15) is 11.6 Å². The molecular weight excluding hydrogens is 356 g/mol. The highest BCUT2D eigenvalue weighted by atomic mass is 16.6. The molecule has 1 aliphatic rings. The predicted octanol–water partition coefficient (Wildman–Crippen LogP) is 1.81. The summed E-state index contributed by atoms with van der Waals surface area (Å²) in [5.41, 5.74) is 2.24. The second-order valence-electron chi connectivity index (χ2n) is 7.39. The first-order valence-corrected chi connectivity index (χ1v) is 9.61. The van der Waals surface area contributed by atoms with Crippen LogP contribution in [0.3, 0.4) is 0 Å². The number of rotatable bonds is 7. The number of amides is 1. The third-order valence-electron chi connectivity index (χ3n) is 5.36. The number of nitro benzene ring substituents is 1. The van der Waals surface area contributed by atoms with Crippen LogP contribution in [0.25, 0.3) is 0 Å². The Morgan fingerprint density at radius 1 is 1.14 bits per heavy atom. The number of hydrogen-bond acceptors (Lipinski definition) is 4. The summed E-state index contributed by atoms with van der Waals surface area (Å²) in [5, 5.41) is 14.1. The van der Waals surface area contributed by atoms with Crippen molar-refractivity contribution in [3.8, 4) is 0 Å². The van der Waals surface area contributed by atoms with Gasteiger partial charge >= 0.3 is 0 Å². The normalized spacial score (nSPS) is 15.2. The molecule has 0 radical (unpaired) electrons. The maximum absolute atomic E-state index is 12.6. The molecule has 2 N–H and O–H groups in total. The zero-order chi connectivity index (χ0) is 20.1. The molecule has 0 bridgehead atoms. The summed E-state index contributed by atoms with van der Waals surface area (Å²) in [6, 6.07) is 14.6. The van der Waals surface area contributed by atoms with E-state index in [2.05, 4.69) is 34.5 Å². The zero-order valence-electron chi connectivity index (χ0n) is 16.4. The number of carbonyl (C=O) groups excluding carboxylic acids is 1. The summed E-state index contributed by atoms with van der Waals surface area (Å²) in [4.78, 5) is 26.8. The van der Waals surface area contributed by atoms with Gasteiger partial charge in [-0.3, -0.25) is 14.9 Å². The van der Waals surface area contributed by atoms with Gasteiger partial charge in [0.05, 0.1) is 24.6 Å². The standard InChI is InChI=1S/C21H26N4O3/c1-23(2)17-11-9-16(10-12-17)20(24-13-5-6-14-24)15-22-21(26)18-7-3-4-8-19(18)25(27)28/h3-4,7-12,20H,5-6,13-15H2,1-2H3,(H,22,26)/p+1/t20-/m0/s1. The molecule has 0 aliphatic carbocycles. The SMILES string of the molecule is CN(C)c1ccc([C@H](CNC(=O)c2ccccc2[N+](=O)[O-])[NH+]2CCCC2)cc1. The summed E-state index contributed by atoms with van der Waals surface area (Å²) in [7, 11) is 4.01. The van der Waals surface area contributed by atoms with E-state index >= 15 is 0 Å². The maximum atomic E-state index is 12.6. The number of nitrogens with zero attached hydrogens (tertiary/aromatic N) is 2. The van der Waals surface area contributed by atoms with Crippen molar-refractivity contribution in [1.82, 2.24) is 5.32 Å². The topological polar surface area (TPSA) is 79.9 Å². The smallest absolute Gasteiger partial charge is 0.282 e. The van der Waals surface area contributed by atoms with E-state index in [1.54, 1.807) is 12.1 Å². The number of benzene rings is 2. The lowest BCUT2D eigenvalue weighted by Crippen LogP contribution is -3.11. The molecule has 0 saturated carbocycles. The van der Waals surface area contributed by atoms with Crippen molar-refractivity contribution in [1.29, 1.82) is 0 Å². The molecule has 1 fully saturated rings. The van der Waals surface area contributed by atoms with Gasteiger partial charge in [-0.05, 0) is 18.2 Å². The van der Waals surface area contributed by atoms with Gasteiger partial charge in [-0.1, -0.05) is 24.3 Å². The molecule has 2 aromatic carbocycles. The van der Waals surface area contributed by atoms with Crippen molar-refractivity contribution in [2.45, 2.75) is 18.9 Å². The van der Waals surface area contributed by atoms with Crippen molar-refractivity contribution in [2.75, 3.05) is 38.6 Å². The van der Waals surface area contributed by atoms with Crippen LogP contribution in [-0.4, -0.2) is 44.6 Å². The maximum Gasteiger partial charge on any atom is 0.282 e. The third kappa shape index (κ3) is 4.48. The zero-order valence-corrected chi connectivity index (χ0v) is 16.4. The van der Waals surface area contributed by atoms with Crippen LogP contribution in [0, 0.1) is 10.1 Å². The minimum Gasteiger partial charge on any atom is -0.378 e. The number of para-hydroxylation sites is 1. The molecule has 3 rings (SSSR count). The molecule has 1 heterocycles. The number of nitro groups is 1.